The molecule has 2 aliphatic rings. The zero-order valence-corrected chi connectivity index (χ0v) is 19.4. The number of rotatable bonds is 9. The summed E-state index contributed by atoms with van der Waals surface area (Å²) in [6, 6.07) is 7.15. The number of ether oxygens (including phenoxy) is 2. The second-order valence-corrected chi connectivity index (χ2v) is 8.43. The average molecular weight is 458 g/mol. The molecule has 0 aromatic heterocycles. The van der Waals surface area contributed by atoms with Crippen LogP contribution in [0.4, 0.5) is 10.5 Å². The van der Waals surface area contributed by atoms with Crippen molar-refractivity contribution in [1.82, 2.24) is 10.2 Å². The predicted molar refractivity (Wildman–Crippen MR) is 126 cm³/mol. The van der Waals surface area contributed by atoms with Crippen molar-refractivity contribution in [2.45, 2.75) is 57.9 Å². The molecule has 180 valence electrons. The van der Waals surface area contributed by atoms with E-state index in [0.717, 1.165) is 25.8 Å². The number of hydrogen-bond donors (Lipinski definition) is 2. The highest BCUT2D eigenvalue weighted by atomic mass is 16.6. The molecule has 1 fully saturated rings. The summed E-state index contributed by atoms with van der Waals surface area (Å²) in [5.74, 6) is -0.866. The number of para-hydroxylation sites is 1. The normalized spacial score (nSPS) is 16.5. The van der Waals surface area contributed by atoms with Gasteiger partial charge in [-0.05, 0) is 64.0 Å². The number of nitrogens with zero attached hydrogens (tertiary/aromatic N) is 1. The molecule has 0 radical (unpaired) electrons. The minimum Gasteiger partial charge on any atom is -0.452 e. The Labute approximate surface area is 195 Å². The van der Waals surface area contributed by atoms with Crippen LogP contribution in [0.5, 0.6) is 0 Å². The minimum atomic E-state index is -0.526. The van der Waals surface area contributed by atoms with Gasteiger partial charge >= 0.3 is 12.1 Å². The molecule has 0 atom stereocenters. The Morgan fingerprint density at radius 3 is 2.61 bits per heavy atom. The van der Waals surface area contributed by atoms with Gasteiger partial charge in [-0.3, -0.25) is 4.79 Å². The van der Waals surface area contributed by atoms with Gasteiger partial charge in [0.2, 0.25) is 0 Å². The number of allylic oxidation sites excluding steroid dienone is 1. The Balaban J connectivity index is 1.41. The van der Waals surface area contributed by atoms with E-state index in [1.165, 1.54) is 18.4 Å². The highest BCUT2D eigenvalue weighted by Gasteiger charge is 2.25. The van der Waals surface area contributed by atoms with Crippen LogP contribution in [0.2, 0.25) is 0 Å². The van der Waals surface area contributed by atoms with Crippen molar-refractivity contribution in [3.8, 4) is 0 Å². The maximum absolute atomic E-state index is 12.6. The van der Waals surface area contributed by atoms with Crippen LogP contribution in [0.1, 0.15) is 62.2 Å². The monoisotopic (exact) mass is 457 g/mol. The molecule has 8 nitrogen and oxygen atoms in total. The molecule has 1 aliphatic carbocycles. The molecule has 0 bridgehead atoms. The second-order valence-electron chi connectivity index (χ2n) is 8.43. The number of likely N-dealkylation sites (tertiary alicyclic amines) is 1. The van der Waals surface area contributed by atoms with Gasteiger partial charge in [-0.1, -0.05) is 23.8 Å². The minimum absolute atomic E-state index is 0.0510. The van der Waals surface area contributed by atoms with E-state index in [4.69, 9.17) is 9.47 Å². The summed E-state index contributed by atoms with van der Waals surface area (Å²) in [6.07, 6.45) is 9.08. The van der Waals surface area contributed by atoms with Gasteiger partial charge in [0.1, 0.15) is 0 Å². The fourth-order valence-electron chi connectivity index (χ4n) is 4.20. The van der Waals surface area contributed by atoms with Crippen molar-refractivity contribution in [2.75, 3.05) is 38.2 Å². The lowest BCUT2D eigenvalue weighted by Gasteiger charge is -2.31. The van der Waals surface area contributed by atoms with Crippen LogP contribution in [0.3, 0.4) is 0 Å². The van der Waals surface area contributed by atoms with E-state index in [1.807, 2.05) is 12.1 Å². The Bertz CT molecular complexity index is 846. The van der Waals surface area contributed by atoms with E-state index in [1.54, 1.807) is 24.0 Å². The first kappa shape index (κ1) is 24.6. The largest absolute Gasteiger partial charge is 0.452 e. The summed E-state index contributed by atoms with van der Waals surface area (Å²) in [4.78, 5) is 38.3. The lowest BCUT2D eigenvalue weighted by Crippen LogP contribution is -2.47. The van der Waals surface area contributed by atoms with E-state index >= 15 is 0 Å². The predicted octanol–water partition coefficient (Wildman–Crippen LogP) is 3.88. The average Bonchev–Trinajstić information content (AvgIpc) is 2.84. The summed E-state index contributed by atoms with van der Waals surface area (Å²) in [6.45, 7) is 3.59. The lowest BCUT2D eigenvalue weighted by molar-refractivity contribution is -0.125. The summed E-state index contributed by atoms with van der Waals surface area (Å²) in [5.41, 5.74) is 2.61. The Morgan fingerprint density at radius 2 is 1.88 bits per heavy atom. The maximum atomic E-state index is 12.6. The Hall–Kier alpha value is -3.03. The SMILES string of the molecule is CCOC(=O)N1CCC(NC(=O)COC(=O)c2ccccc2NCCC2=CCCCC2)CC1. The third kappa shape index (κ3) is 7.80. The van der Waals surface area contributed by atoms with Gasteiger partial charge in [-0.25, -0.2) is 9.59 Å². The fraction of sp³-hybridized carbons (Fsp3) is 0.560. The number of anilines is 1. The molecule has 1 saturated heterocycles. The van der Waals surface area contributed by atoms with Gasteiger partial charge in [0.15, 0.2) is 6.61 Å². The van der Waals surface area contributed by atoms with Gasteiger partial charge < -0.3 is 25.0 Å². The molecular weight excluding hydrogens is 422 g/mol. The number of amides is 2. The highest BCUT2D eigenvalue weighted by molar-refractivity contribution is 5.96. The van der Waals surface area contributed by atoms with E-state index in [0.29, 0.717) is 43.8 Å². The summed E-state index contributed by atoms with van der Waals surface area (Å²) in [7, 11) is 0. The number of carbonyl (C=O) groups excluding carboxylic acids is 3. The number of carbonyl (C=O) groups is 3. The molecule has 3 rings (SSSR count). The van der Waals surface area contributed by atoms with Crippen molar-refractivity contribution < 1.29 is 23.9 Å². The van der Waals surface area contributed by atoms with E-state index in [-0.39, 0.29) is 24.6 Å². The van der Waals surface area contributed by atoms with Gasteiger partial charge in [0, 0.05) is 31.4 Å². The fourth-order valence-corrected chi connectivity index (χ4v) is 4.20. The van der Waals surface area contributed by atoms with Gasteiger partial charge in [-0.2, -0.15) is 0 Å². The van der Waals surface area contributed by atoms with E-state index in [9.17, 15) is 14.4 Å². The smallest absolute Gasteiger partial charge is 0.409 e. The zero-order chi connectivity index (χ0) is 23.5. The lowest BCUT2D eigenvalue weighted by atomic mass is 9.97. The first-order valence-corrected chi connectivity index (χ1v) is 12.0. The molecular formula is C25H35N3O5. The van der Waals surface area contributed by atoms with Crippen molar-refractivity contribution in [3.63, 3.8) is 0 Å². The quantitative estimate of drug-likeness (QED) is 0.431. The molecule has 1 aromatic carbocycles. The van der Waals surface area contributed by atoms with E-state index in [2.05, 4.69) is 16.7 Å². The third-order valence-corrected chi connectivity index (χ3v) is 6.01. The van der Waals surface area contributed by atoms with Crippen LogP contribution >= 0.6 is 0 Å². The molecule has 2 amide bonds. The topological polar surface area (TPSA) is 97.0 Å². The molecule has 8 heteroatoms. The molecule has 1 heterocycles. The highest BCUT2D eigenvalue weighted by Crippen LogP contribution is 2.21. The first-order valence-electron chi connectivity index (χ1n) is 12.0. The van der Waals surface area contributed by atoms with Crippen molar-refractivity contribution in [3.05, 3.63) is 41.5 Å². The van der Waals surface area contributed by atoms with Crippen LogP contribution in [0.15, 0.2) is 35.9 Å². The molecule has 2 N–H and O–H groups in total. The van der Waals surface area contributed by atoms with Crippen molar-refractivity contribution in [1.29, 1.82) is 0 Å². The number of esters is 1. The summed E-state index contributed by atoms with van der Waals surface area (Å²) >= 11 is 0. The molecule has 0 unspecified atom stereocenters. The Morgan fingerprint density at radius 1 is 1.09 bits per heavy atom. The van der Waals surface area contributed by atoms with E-state index < -0.39 is 5.97 Å². The molecule has 1 aromatic rings. The van der Waals surface area contributed by atoms with Crippen molar-refractivity contribution in [2.24, 2.45) is 0 Å². The van der Waals surface area contributed by atoms with Crippen LogP contribution in [-0.4, -0.2) is 61.8 Å². The van der Waals surface area contributed by atoms with Crippen LogP contribution < -0.4 is 10.6 Å². The second kappa shape index (κ2) is 12.9. The molecule has 0 saturated carbocycles. The van der Waals surface area contributed by atoms with Gasteiger partial charge in [0.05, 0.1) is 12.2 Å². The van der Waals surface area contributed by atoms with Crippen LogP contribution in [0.25, 0.3) is 0 Å². The van der Waals surface area contributed by atoms with Crippen LogP contribution in [0, 0.1) is 0 Å². The summed E-state index contributed by atoms with van der Waals surface area (Å²) in [5, 5.41) is 6.22. The number of hydrogen-bond acceptors (Lipinski definition) is 6. The summed E-state index contributed by atoms with van der Waals surface area (Å²) < 4.78 is 10.3. The third-order valence-electron chi connectivity index (χ3n) is 6.01. The zero-order valence-electron chi connectivity index (χ0n) is 19.4. The molecule has 1 aliphatic heterocycles. The van der Waals surface area contributed by atoms with Gasteiger partial charge in [-0.15, -0.1) is 0 Å². The Kier molecular flexibility index (Phi) is 9.59. The first-order chi connectivity index (χ1) is 16.1. The number of piperidine rings is 1. The van der Waals surface area contributed by atoms with Crippen LogP contribution in [-0.2, 0) is 14.3 Å². The van der Waals surface area contributed by atoms with Gasteiger partial charge in [0.25, 0.3) is 5.91 Å². The molecule has 33 heavy (non-hydrogen) atoms. The molecule has 0 spiro atoms. The maximum Gasteiger partial charge on any atom is 0.409 e. The number of nitrogens with one attached hydrogen (secondary N) is 2. The number of benzene rings is 1. The van der Waals surface area contributed by atoms with Crippen molar-refractivity contribution >= 4 is 23.7 Å². The standard InChI is InChI=1S/C25H35N3O5/c1-2-32-25(31)28-16-13-20(14-17-28)27-23(29)18-33-24(30)21-10-6-7-11-22(21)26-15-12-19-8-4-3-5-9-19/h6-8,10-11,20,26H,2-5,9,12-18H2,1H3,(H,27,29).